The van der Waals surface area contributed by atoms with Gasteiger partial charge in [-0.05, 0) is 42.5 Å². The molecular weight excluding hydrogens is 536 g/mol. The van der Waals surface area contributed by atoms with E-state index in [1.54, 1.807) is 61.2 Å². The molecule has 0 aliphatic carbocycles. The number of nitrogens with zero attached hydrogens (tertiary/aromatic N) is 6. The summed E-state index contributed by atoms with van der Waals surface area (Å²) in [6.45, 7) is 0. The van der Waals surface area contributed by atoms with Crippen LogP contribution in [0.4, 0.5) is 0 Å². The van der Waals surface area contributed by atoms with Crippen LogP contribution in [-0.2, 0) is 9.84 Å². The van der Waals surface area contributed by atoms with Crippen molar-refractivity contribution in [3.05, 3.63) is 113 Å². The average molecular weight is 555 g/mol. The van der Waals surface area contributed by atoms with Crippen LogP contribution in [0.25, 0.3) is 45.1 Å². The lowest BCUT2D eigenvalue weighted by Gasteiger charge is -2.13. The van der Waals surface area contributed by atoms with Gasteiger partial charge in [-0.3, -0.25) is 19.3 Å². The fourth-order valence-electron chi connectivity index (χ4n) is 4.22. The van der Waals surface area contributed by atoms with Crippen molar-refractivity contribution in [2.45, 2.75) is 4.90 Å². The first kappa shape index (κ1) is 24.7. The van der Waals surface area contributed by atoms with Gasteiger partial charge in [0.2, 0.25) is 0 Å². The molecule has 0 aliphatic heterocycles. The predicted molar refractivity (Wildman–Crippen MR) is 149 cm³/mol. The lowest BCUT2D eigenvalue weighted by Crippen LogP contribution is -2.21. The van der Waals surface area contributed by atoms with Crippen molar-refractivity contribution < 1.29 is 8.42 Å². The minimum absolute atomic E-state index is 0.148. The summed E-state index contributed by atoms with van der Waals surface area (Å²) in [5.41, 5.74) is 3.23. The smallest absolute Gasteiger partial charge is 0.268 e. The predicted octanol–water partition coefficient (Wildman–Crippen LogP) is 4.75. The minimum atomic E-state index is -3.43. The van der Waals surface area contributed by atoms with E-state index in [1.165, 1.54) is 21.4 Å². The third-order valence-corrected chi connectivity index (χ3v) is 7.51. The van der Waals surface area contributed by atoms with Gasteiger partial charge in [-0.1, -0.05) is 41.9 Å². The largest absolute Gasteiger partial charge is 0.269 e. The average Bonchev–Trinajstić information content (AvgIpc) is 3.39. The highest BCUT2D eigenvalue weighted by Gasteiger charge is 2.18. The summed E-state index contributed by atoms with van der Waals surface area (Å²) in [5, 5.41) is 5.33. The SMILES string of the molecule is CS(=O)(=O)c1cccc(-n2cc3c(=O)n(-c4ccc(Cl)cc4)c(-c4ccc(-c5cnccn5)cc4)nc3n2)c1. The number of sulfone groups is 1. The van der Waals surface area contributed by atoms with E-state index < -0.39 is 9.84 Å². The highest BCUT2D eigenvalue weighted by atomic mass is 35.5. The Kier molecular flexibility index (Phi) is 6.05. The topological polar surface area (TPSA) is 113 Å². The van der Waals surface area contributed by atoms with Crippen molar-refractivity contribution in [3.63, 3.8) is 0 Å². The molecule has 3 heterocycles. The van der Waals surface area contributed by atoms with E-state index >= 15 is 0 Å². The van der Waals surface area contributed by atoms with Crippen LogP contribution >= 0.6 is 11.6 Å². The maximum absolute atomic E-state index is 13.9. The van der Waals surface area contributed by atoms with Crippen LogP contribution in [0, 0.1) is 0 Å². The Morgan fingerprint density at radius 3 is 2.31 bits per heavy atom. The van der Waals surface area contributed by atoms with E-state index in [2.05, 4.69) is 15.1 Å². The first-order chi connectivity index (χ1) is 18.8. The number of hydrogen-bond acceptors (Lipinski definition) is 7. The molecule has 0 aliphatic rings. The van der Waals surface area contributed by atoms with Gasteiger partial charge in [0.15, 0.2) is 15.5 Å². The minimum Gasteiger partial charge on any atom is -0.268 e. The molecule has 3 aromatic carbocycles. The molecular formula is C28H19ClN6O3S. The van der Waals surface area contributed by atoms with Crippen LogP contribution in [0.5, 0.6) is 0 Å². The normalized spacial score (nSPS) is 11.6. The molecule has 0 bridgehead atoms. The van der Waals surface area contributed by atoms with Gasteiger partial charge in [0.1, 0.15) is 11.2 Å². The quantitative estimate of drug-likeness (QED) is 0.302. The molecule has 6 aromatic rings. The van der Waals surface area contributed by atoms with Gasteiger partial charge in [-0.15, -0.1) is 5.10 Å². The third-order valence-electron chi connectivity index (χ3n) is 6.15. The van der Waals surface area contributed by atoms with Crippen molar-refractivity contribution in [2.24, 2.45) is 0 Å². The molecule has 0 radical (unpaired) electrons. The zero-order valence-corrected chi connectivity index (χ0v) is 22.0. The number of rotatable bonds is 5. The van der Waals surface area contributed by atoms with Gasteiger partial charge >= 0.3 is 0 Å². The highest BCUT2D eigenvalue weighted by molar-refractivity contribution is 7.90. The molecule has 0 atom stereocenters. The molecule has 11 heteroatoms. The number of aromatic nitrogens is 6. The van der Waals surface area contributed by atoms with E-state index in [0.29, 0.717) is 27.8 Å². The monoisotopic (exact) mass is 554 g/mol. The van der Waals surface area contributed by atoms with Crippen LogP contribution in [0.3, 0.4) is 0 Å². The van der Waals surface area contributed by atoms with Crippen LogP contribution < -0.4 is 5.56 Å². The Hall–Kier alpha value is -4.67. The lowest BCUT2D eigenvalue weighted by molar-refractivity contribution is 0.601. The third kappa shape index (κ3) is 4.71. The second-order valence-electron chi connectivity index (χ2n) is 8.80. The summed E-state index contributed by atoms with van der Waals surface area (Å²) >= 11 is 6.11. The summed E-state index contributed by atoms with van der Waals surface area (Å²) < 4.78 is 27.1. The molecule has 0 spiro atoms. The van der Waals surface area contributed by atoms with Crippen LogP contribution in [0.1, 0.15) is 0 Å². The van der Waals surface area contributed by atoms with Gasteiger partial charge in [-0.2, -0.15) is 0 Å². The zero-order valence-electron chi connectivity index (χ0n) is 20.4. The molecule has 9 nitrogen and oxygen atoms in total. The molecule has 192 valence electrons. The fraction of sp³-hybridized carbons (Fsp3) is 0.0357. The van der Waals surface area contributed by atoms with E-state index in [9.17, 15) is 13.2 Å². The number of hydrogen-bond donors (Lipinski definition) is 0. The molecule has 0 saturated carbocycles. The van der Waals surface area contributed by atoms with Crippen molar-refractivity contribution in [2.75, 3.05) is 6.26 Å². The molecule has 3 aromatic heterocycles. The van der Waals surface area contributed by atoms with Gasteiger partial charge in [0.05, 0.1) is 28.2 Å². The zero-order chi connectivity index (χ0) is 27.1. The standard InChI is InChI=1S/C28H19ClN6O3S/c1-39(37,38)23-4-2-3-22(15-23)34-17-24-26(33-34)32-27(35(28(24)36)21-11-9-20(29)10-12-21)19-7-5-18(6-8-19)25-16-30-13-14-31-25/h2-17H,1H3. The second kappa shape index (κ2) is 9.57. The summed E-state index contributed by atoms with van der Waals surface area (Å²) in [7, 11) is -3.43. The fourth-order valence-corrected chi connectivity index (χ4v) is 5.00. The molecule has 39 heavy (non-hydrogen) atoms. The Morgan fingerprint density at radius 1 is 0.872 bits per heavy atom. The van der Waals surface area contributed by atoms with Gasteiger partial charge in [-0.25, -0.2) is 18.1 Å². The van der Waals surface area contributed by atoms with Crippen molar-refractivity contribution >= 4 is 32.5 Å². The Bertz CT molecular complexity index is 2000. The van der Waals surface area contributed by atoms with Gasteiger partial charge in [0, 0.05) is 41.0 Å². The number of halogens is 1. The second-order valence-corrected chi connectivity index (χ2v) is 11.3. The number of benzene rings is 3. The summed E-state index contributed by atoms with van der Waals surface area (Å²) in [5.74, 6) is 0.385. The maximum atomic E-state index is 13.9. The lowest BCUT2D eigenvalue weighted by atomic mass is 10.1. The Balaban J connectivity index is 1.55. The maximum Gasteiger partial charge on any atom is 0.269 e. The van der Waals surface area contributed by atoms with Crippen LogP contribution in [0.15, 0.2) is 107 Å². The first-order valence-electron chi connectivity index (χ1n) is 11.7. The van der Waals surface area contributed by atoms with E-state index in [1.807, 2.05) is 24.3 Å². The Labute approximate surface area is 227 Å². The molecule has 0 saturated heterocycles. The summed E-state index contributed by atoms with van der Waals surface area (Å²) in [6.07, 6.45) is 7.60. The highest BCUT2D eigenvalue weighted by Crippen LogP contribution is 2.26. The van der Waals surface area contributed by atoms with E-state index in [0.717, 1.165) is 17.5 Å². The van der Waals surface area contributed by atoms with E-state index in [4.69, 9.17) is 16.6 Å². The number of fused-ring (bicyclic) bond motifs is 1. The van der Waals surface area contributed by atoms with Crippen molar-refractivity contribution in [3.8, 4) is 34.0 Å². The molecule has 0 unspecified atom stereocenters. The van der Waals surface area contributed by atoms with Gasteiger partial charge < -0.3 is 0 Å². The molecule has 0 fully saturated rings. The summed E-state index contributed by atoms with van der Waals surface area (Å²) in [6, 6.07) is 20.7. The van der Waals surface area contributed by atoms with Gasteiger partial charge in [0.25, 0.3) is 5.56 Å². The molecule has 0 amide bonds. The molecule has 0 N–H and O–H groups in total. The summed E-state index contributed by atoms with van der Waals surface area (Å²) in [4.78, 5) is 27.3. The molecule has 6 rings (SSSR count). The first-order valence-corrected chi connectivity index (χ1v) is 14.0. The van der Waals surface area contributed by atoms with Crippen LogP contribution in [0.2, 0.25) is 5.02 Å². The van der Waals surface area contributed by atoms with E-state index in [-0.39, 0.29) is 21.5 Å². The van der Waals surface area contributed by atoms with Crippen molar-refractivity contribution in [1.82, 2.24) is 29.3 Å². The Morgan fingerprint density at radius 2 is 1.62 bits per heavy atom. The van der Waals surface area contributed by atoms with Crippen LogP contribution in [-0.4, -0.2) is 44.0 Å². The van der Waals surface area contributed by atoms with Crippen molar-refractivity contribution in [1.29, 1.82) is 0 Å².